The van der Waals surface area contributed by atoms with Crippen LogP contribution in [0.4, 0.5) is 0 Å². The Balaban J connectivity index is 2.04. The summed E-state index contributed by atoms with van der Waals surface area (Å²) in [6, 6.07) is 17.4. The second-order valence-corrected chi connectivity index (χ2v) is 5.79. The van der Waals surface area contributed by atoms with E-state index in [0.717, 1.165) is 6.07 Å². The molecule has 8 heteroatoms. The molecule has 0 spiro atoms. The van der Waals surface area contributed by atoms with Crippen LogP contribution >= 0.6 is 0 Å². The SMILES string of the molecule is O=C(OCc1ccccc1)c1cc(=O)n(CO)c(=O)n1C(=O)c1ccccc1. The smallest absolute Gasteiger partial charge is 0.356 e. The summed E-state index contributed by atoms with van der Waals surface area (Å²) in [5.74, 6) is -1.83. The molecule has 0 unspecified atom stereocenters. The molecular formula is C20H16N2O6. The van der Waals surface area contributed by atoms with Crippen molar-refractivity contribution < 1.29 is 19.4 Å². The number of nitrogens with zero attached hydrogens (tertiary/aromatic N) is 2. The van der Waals surface area contributed by atoms with Crippen LogP contribution in [0, 0.1) is 0 Å². The molecule has 0 atom stereocenters. The highest BCUT2D eigenvalue weighted by Crippen LogP contribution is 2.07. The van der Waals surface area contributed by atoms with Crippen molar-refractivity contribution in [3.05, 3.63) is 104 Å². The van der Waals surface area contributed by atoms with E-state index < -0.39 is 35.6 Å². The van der Waals surface area contributed by atoms with Gasteiger partial charge in [-0.15, -0.1) is 0 Å². The average Bonchev–Trinajstić information content (AvgIpc) is 2.73. The lowest BCUT2D eigenvalue weighted by Crippen LogP contribution is -2.44. The number of hydrogen-bond acceptors (Lipinski definition) is 6. The Kier molecular flexibility index (Phi) is 5.61. The second-order valence-electron chi connectivity index (χ2n) is 5.79. The van der Waals surface area contributed by atoms with Crippen molar-refractivity contribution in [2.45, 2.75) is 13.3 Å². The number of rotatable bonds is 5. The van der Waals surface area contributed by atoms with Crippen LogP contribution in [0.2, 0.25) is 0 Å². The van der Waals surface area contributed by atoms with Gasteiger partial charge < -0.3 is 9.84 Å². The molecule has 0 aliphatic carbocycles. The number of aromatic nitrogens is 2. The molecule has 8 nitrogen and oxygen atoms in total. The number of carbonyl (C=O) groups excluding carboxylic acids is 2. The van der Waals surface area contributed by atoms with E-state index in [2.05, 4.69) is 0 Å². The lowest BCUT2D eigenvalue weighted by molar-refractivity contribution is 0.0452. The summed E-state index contributed by atoms with van der Waals surface area (Å²) in [6.45, 7) is -1.03. The van der Waals surface area contributed by atoms with E-state index in [4.69, 9.17) is 4.74 Å². The van der Waals surface area contributed by atoms with E-state index in [-0.39, 0.29) is 12.2 Å². The molecule has 3 aromatic rings. The first kappa shape index (κ1) is 19.0. The molecule has 0 fully saturated rings. The number of hydrogen-bond donors (Lipinski definition) is 1. The fourth-order valence-corrected chi connectivity index (χ4v) is 2.56. The predicted molar refractivity (Wildman–Crippen MR) is 98.9 cm³/mol. The van der Waals surface area contributed by atoms with Crippen molar-refractivity contribution in [2.75, 3.05) is 0 Å². The first-order valence-corrected chi connectivity index (χ1v) is 8.31. The van der Waals surface area contributed by atoms with Gasteiger partial charge in [0.15, 0.2) is 0 Å². The maximum absolute atomic E-state index is 12.8. The van der Waals surface area contributed by atoms with Crippen molar-refractivity contribution in [2.24, 2.45) is 0 Å². The quantitative estimate of drug-likeness (QED) is 0.662. The van der Waals surface area contributed by atoms with E-state index in [1.54, 1.807) is 48.5 Å². The molecule has 28 heavy (non-hydrogen) atoms. The lowest BCUT2D eigenvalue weighted by atomic mass is 10.2. The van der Waals surface area contributed by atoms with Crippen LogP contribution in [0.15, 0.2) is 76.3 Å². The number of aliphatic hydroxyl groups excluding tert-OH is 1. The van der Waals surface area contributed by atoms with E-state index >= 15 is 0 Å². The summed E-state index contributed by atoms with van der Waals surface area (Å²) in [5.41, 5.74) is -1.73. The molecule has 142 valence electrons. The van der Waals surface area contributed by atoms with Crippen molar-refractivity contribution in [3.8, 4) is 0 Å². The van der Waals surface area contributed by atoms with Crippen LogP contribution in [0.25, 0.3) is 0 Å². The van der Waals surface area contributed by atoms with Gasteiger partial charge in [-0.3, -0.25) is 9.59 Å². The summed E-state index contributed by atoms with van der Waals surface area (Å²) in [5, 5.41) is 9.28. The molecule has 1 N–H and O–H groups in total. The topological polar surface area (TPSA) is 108 Å². The van der Waals surface area contributed by atoms with Crippen LogP contribution < -0.4 is 11.2 Å². The highest BCUT2D eigenvalue weighted by Gasteiger charge is 2.23. The van der Waals surface area contributed by atoms with Gasteiger partial charge >= 0.3 is 11.7 Å². The van der Waals surface area contributed by atoms with Gasteiger partial charge in [0, 0.05) is 11.6 Å². The van der Waals surface area contributed by atoms with E-state index in [0.29, 0.717) is 14.7 Å². The Morgan fingerprint density at radius 2 is 1.54 bits per heavy atom. The number of aliphatic hydroxyl groups is 1. The van der Waals surface area contributed by atoms with Crippen molar-refractivity contribution in [1.29, 1.82) is 0 Å². The Morgan fingerprint density at radius 3 is 2.14 bits per heavy atom. The molecular weight excluding hydrogens is 364 g/mol. The fourth-order valence-electron chi connectivity index (χ4n) is 2.56. The highest BCUT2D eigenvalue weighted by molar-refractivity contribution is 6.00. The minimum atomic E-state index is -1.13. The van der Waals surface area contributed by atoms with Gasteiger partial charge in [-0.25, -0.2) is 18.7 Å². The summed E-state index contributed by atoms with van der Waals surface area (Å²) in [6.07, 6.45) is 0. The van der Waals surface area contributed by atoms with Crippen molar-refractivity contribution >= 4 is 11.9 Å². The van der Waals surface area contributed by atoms with Gasteiger partial charge in [0.1, 0.15) is 19.0 Å². The van der Waals surface area contributed by atoms with E-state index in [1.165, 1.54) is 12.1 Å². The van der Waals surface area contributed by atoms with Crippen LogP contribution in [-0.4, -0.2) is 26.1 Å². The molecule has 0 aliphatic rings. The minimum Gasteiger partial charge on any atom is -0.456 e. The first-order chi connectivity index (χ1) is 13.5. The van der Waals surface area contributed by atoms with Gasteiger partial charge in [0.25, 0.3) is 11.5 Å². The summed E-state index contributed by atoms with van der Waals surface area (Å²) < 4.78 is 6.13. The monoisotopic (exact) mass is 380 g/mol. The Labute approximate surface area is 158 Å². The normalized spacial score (nSPS) is 10.5. The zero-order valence-corrected chi connectivity index (χ0v) is 14.6. The molecule has 0 amide bonds. The third-order valence-electron chi connectivity index (χ3n) is 3.98. The molecule has 1 aromatic heterocycles. The molecule has 0 radical (unpaired) electrons. The highest BCUT2D eigenvalue weighted by atomic mass is 16.5. The third-order valence-corrected chi connectivity index (χ3v) is 3.98. The van der Waals surface area contributed by atoms with E-state index in [9.17, 15) is 24.3 Å². The van der Waals surface area contributed by atoms with Crippen LogP contribution in [-0.2, 0) is 18.1 Å². The Bertz CT molecular complexity index is 1120. The van der Waals surface area contributed by atoms with Crippen molar-refractivity contribution in [3.63, 3.8) is 0 Å². The van der Waals surface area contributed by atoms with Gasteiger partial charge in [0.2, 0.25) is 0 Å². The summed E-state index contributed by atoms with van der Waals surface area (Å²) >= 11 is 0. The predicted octanol–water partition coefficient (Wildman–Crippen LogP) is 1.01. The Hall–Kier alpha value is -3.78. The number of benzene rings is 2. The largest absolute Gasteiger partial charge is 0.456 e. The minimum absolute atomic E-state index is 0.101. The van der Waals surface area contributed by atoms with Crippen LogP contribution in [0.3, 0.4) is 0 Å². The van der Waals surface area contributed by atoms with E-state index in [1.807, 2.05) is 0 Å². The zero-order chi connectivity index (χ0) is 20.1. The molecule has 2 aromatic carbocycles. The number of ether oxygens (including phenoxy) is 1. The summed E-state index contributed by atoms with van der Waals surface area (Å²) in [4.78, 5) is 50.0. The van der Waals surface area contributed by atoms with Gasteiger partial charge in [0.05, 0.1) is 0 Å². The van der Waals surface area contributed by atoms with Crippen molar-refractivity contribution in [1.82, 2.24) is 9.13 Å². The van der Waals surface area contributed by atoms with Gasteiger partial charge in [-0.1, -0.05) is 48.5 Å². The molecule has 1 heterocycles. The maximum Gasteiger partial charge on any atom is 0.356 e. The number of esters is 1. The Morgan fingerprint density at radius 1 is 0.929 bits per heavy atom. The standard InChI is InChI=1S/C20H16N2O6/c23-13-21-17(24)11-16(19(26)28-12-14-7-3-1-4-8-14)22(20(21)27)18(25)15-9-5-2-6-10-15/h1-11,23H,12-13H2. The number of carbonyl (C=O) groups is 2. The fraction of sp³-hybridized carbons (Fsp3) is 0.100. The second kappa shape index (κ2) is 8.28. The van der Waals surface area contributed by atoms with Gasteiger partial charge in [-0.2, -0.15) is 0 Å². The maximum atomic E-state index is 12.8. The first-order valence-electron chi connectivity index (χ1n) is 8.31. The summed E-state index contributed by atoms with van der Waals surface area (Å²) in [7, 11) is 0. The molecule has 3 rings (SSSR count). The lowest BCUT2D eigenvalue weighted by Gasteiger charge is -2.13. The molecule has 0 saturated heterocycles. The van der Waals surface area contributed by atoms with Crippen LogP contribution in [0.1, 0.15) is 26.4 Å². The average molecular weight is 380 g/mol. The third kappa shape index (κ3) is 3.81. The zero-order valence-electron chi connectivity index (χ0n) is 14.6. The van der Waals surface area contributed by atoms with Crippen LogP contribution in [0.5, 0.6) is 0 Å². The molecule has 0 bridgehead atoms. The molecule has 0 saturated carbocycles. The molecule has 0 aliphatic heterocycles. The van der Waals surface area contributed by atoms with Gasteiger partial charge in [-0.05, 0) is 17.7 Å².